The molecular formula is C8H18N2O2. The van der Waals surface area contributed by atoms with Crippen molar-refractivity contribution >= 4 is 0 Å². The second kappa shape index (κ2) is 5.48. The predicted octanol–water partition coefficient (Wildman–Crippen LogP) is -0.707. The van der Waals surface area contributed by atoms with Gasteiger partial charge in [0.25, 0.3) is 0 Å². The molecule has 12 heavy (non-hydrogen) atoms. The summed E-state index contributed by atoms with van der Waals surface area (Å²) in [5, 5.41) is 15.5. The summed E-state index contributed by atoms with van der Waals surface area (Å²) in [5.74, 6) is 0. The number of hydrogen-bond acceptors (Lipinski definition) is 4. The Labute approximate surface area is 73.3 Å². The summed E-state index contributed by atoms with van der Waals surface area (Å²) in [5.41, 5.74) is 0. The standard InChI is InChI=1S/C8H18N2O2/c1-7(11)12-5-2-8-6-9-3-4-10-8/h7-11H,2-6H2,1H3. The summed E-state index contributed by atoms with van der Waals surface area (Å²) in [7, 11) is 0. The average Bonchev–Trinajstić information content (AvgIpc) is 2.05. The van der Waals surface area contributed by atoms with E-state index in [0.717, 1.165) is 26.1 Å². The average molecular weight is 174 g/mol. The molecule has 1 aliphatic heterocycles. The Morgan fingerprint density at radius 3 is 3.00 bits per heavy atom. The minimum Gasteiger partial charge on any atom is -0.368 e. The normalized spacial score (nSPS) is 27.0. The lowest BCUT2D eigenvalue weighted by Crippen LogP contribution is -2.48. The molecule has 4 nitrogen and oxygen atoms in total. The van der Waals surface area contributed by atoms with Gasteiger partial charge in [-0.3, -0.25) is 0 Å². The number of nitrogens with one attached hydrogen (secondary N) is 2. The predicted molar refractivity (Wildman–Crippen MR) is 46.9 cm³/mol. The maximum absolute atomic E-state index is 8.82. The van der Waals surface area contributed by atoms with Gasteiger partial charge in [-0.05, 0) is 13.3 Å². The highest BCUT2D eigenvalue weighted by atomic mass is 16.6. The largest absolute Gasteiger partial charge is 0.368 e. The van der Waals surface area contributed by atoms with Crippen LogP contribution in [0.1, 0.15) is 13.3 Å². The Morgan fingerprint density at radius 1 is 1.58 bits per heavy atom. The lowest BCUT2D eigenvalue weighted by Gasteiger charge is -2.24. The minimum absolute atomic E-state index is 0.498. The molecule has 0 bridgehead atoms. The molecule has 1 rings (SSSR count). The van der Waals surface area contributed by atoms with E-state index in [4.69, 9.17) is 9.84 Å². The molecule has 1 fully saturated rings. The van der Waals surface area contributed by atoms with Crippen molar-refractivity contribution < 1.29 is 9.84 Å². The van der Waals surface area contributed by atoms with E-state index in [0.29, 0.717) is 12.6 Å². The molecule has 1 saturated heterocycles. The van der Waals surface area contributed by atoms with Crippen LogP contribution in [0.15, 0.2) is 0 Å². The molecule has 72 valence electrons. The van der Waals surface area contributed by atoms with E-state index in [1.54, 1.807) is 6.92 Å². The number of ether oxygens (including phenoxy) is 1. The molecule has 0 spiro atoms. The molecule has 0 aromatic carbocycles. The van der Waals surface area contributed by atoms with Crippen LogP contribution in [0.25, 0.3) is 0 Å². The second-order valence-corrected chi connectivity index (χ2v) is 3.11. The van der Waals surface area contributed by atoms with Gasteiger partial charge in [-0.25, -0.2) is 0 Å². The maximum atomic E-state index is 8.82. The molecule has 2 unspecified atom stereocenters. The van der Waals surface area contributed by atoms with Crippen molar-refractivity contribution in [1.29, 1.82) is 0 Å². The summed E-state index contributed by atoms with van der Waals surface area (Å²) in [4.78, 5) is 0. The van der Waals surface area contributed by atoms with Gasteiger partial charge < -0.3 is 20.5 Å². The number of piperazine rings is 1. The van der Waals surface area contributed by atoms with Crippen LogP contribution in [0.5, 0.6) is 0 Å². The number of aliphatic hydroxyl groups is 1. The fourth-order valence-electron chi connectivity index (χ4n) is 1.30. The van der Waals surface area contributed by atoms with Crippen molar-refractivity contribution in [3.63, 3.8) is 0 Å². The molecule has 4 heteroatoms. The lowest BCUT2D eigenvalue weighted by molar-refractivity contribution is -0.0872. The first-order valence-electron chi connectivity index (χ1n) is 4.53. The molecule has 0 saturated carbocycles. The van der Waals surface area contributed by atoms with Gasteiger partial charge in [0.1, 0.15) is 0 Å². The molecule has 3 N–H and O–H groups in total. The minimum atomic E-state index is -0.637. The molecule has 0 aromatic rings. The van der Waals surface area contributed by atoms with Crippen molar-refractivity contribution in [3.05, 3.63) is 0 Å². The Hall–Kier alpha value is -0.160. The van der Waals surface area contributed by atoms with Gasteiger partial charge in [-0.15, -0.1) is 0 Å². The van der Waals surface area contributed by atoms with E-state index in [1.165, 1.54) is 0 Å². The SMILES string of the molecule is CC(O)OCCC1CNCCN1. The molecule has 0 radical (unpaired) electrons. The van der Waals surface area contributed by atoms with Gasteiger partial charge in [-0.2, -0.15) is 0 Å². The van der Waals surface area contributed by atoms with Crippen molar-refractivity contribution in [2.75, 3.05) is 26.2 Å². The van der Waals surface area contributed by atoms with Crippen LogP contribution in [-0.2, 0) is 4.74 Å². The van der Waals surface area contributed by atoms with E-state index in [2.05, 4.69) is 10.6 Å². The lowest BCUT2D eigenvalue weighted by atomic mass is 10.2. The van der Waals surface area contributed by atoms with Crippen LogP contribution < -0.4 is 10.6 Å². The van der Waals surface area contributed by atoms with E-state index in [-0.39, 0.29) is 0 Å². The molecule has 0 aliphatic carbocycles. The first kappa shape index (κ1) is 9.92. The monoisotopic (exact) mass is 174 g/mol. The molecule has 1 heterocycles. The fourth-order valence-corrected chi connectivity index (χ4v) is 1.30. The topological polar surface area (TPSA) is 53.5 Å². The van der Waals surface area contributed by atoms with E-state index in [9.17, 15) is 0 Å². The number of hydrogen-bond donors (Lipinski definition) is 3. The molecular weight excluding hydrogens is 156 g/mol. The molecule has 0 aromatic heterocycles. The summed E-state index contributed by atoms with van der Waals surface area (Å²) < 4.78 is 5.03. The van der Waals surface area contributed by atoms with Gasteiger partial charge in [0, 0.05) is 25.7 Å². The third kappa shape index (κ3) is 4.01. The van der Waals surface area contributed by atoms with Crippen LogP contribution in [0.2, 0.25) is 0 Å². The van der Waals surface area contributed by atoms with Crippen LogP contribution in [-0.4, -0.2) is 43.7 Å². The van der Waals surface area contributed by atoms with Crippen molar-refractivity contribution in [3.8, 4) is 0 Å². The van der Waals surface area contributed by atoms with Crippen molar-refractivity contribution in [2.45, 2.75) is 25.7 Å². The highest BCUT2D eigenvalue weighted by molar-refractivity contribution is 4.74. The zero-order valence-electron chi connectivity index (χ0n) is 7.55. The quantitative estimate of drug-likeness (QED) is 0.493. The summed E-state index contributed by atoms with van der Waals surface area (Å²) in [6, 6.07) is 0.498. The number of rotatable bonds is 4. The maximum Gasteiger partial charge on any atom is 0.151 e. The van der Waals surface area contributed by atoms with Gasteiger partial charge in [0.15, 0.2) is 6.29 Å². The zero-order valence-corrected chi connectivity index (χ0v) is 7.55. The van der Waals surface area contributed by atoms with Crippen LogP contribution in [0.4, 0.5) is 0 Å². The van der Waals surface area contributed by atoms with Crippen molar-refractivity contribution in [2.24, 2.45) is 0 Å². The highest BCUT2D eigenvalue weighted by Crippen LogP contribution is 1.96. The van der Waals surface area contributed by atoms with Crippen LogP contribution >= 0.6 is 0 Å². The van der Waals surface area contributed by atoms with Crippen LogP contribution in [0.3, 0.4) is 0 Å². The molecule has 1 aliphatic rings. The Bertz CT molecular complexity index is 114. The van der Waals surface area contributed by atoms with E-state index >= 15 is 0 Å². The first-order valence-corrected chi connectivity index (χ1v) is 4.53. The first-order chi connectivity index (χ1) is 5.79. The Balaban J connectivity index is 1.98. The summed E-state index contributed by atoms with van der Waals surface area (Å²) in [6.07, 6.45) is 0.319. The zero-order chi connectivity index (χ0) is 8.81. The van der Waals surface area contributed by atoms with Crippen LogP contribution in [0, 0.1) is 0 Å². The number of aliphatic hydroxyl groups excluding tert-OH is 1. The molecule has 2 atom stereocenters. The third-order valence-electron chi connectivity index (χ3n) is 1.95. The van der Waals surface area contributed by atoms with E-state index < -0.39 is 6.29 Å². The van der Waals surface area contributed by atoms with Gasteiger partial charge in [0.05, 0.1) is 6.61 Å². The van der Waals surface area contributed by atoms with Crippen molar-refractivity contribution in [1.82, 2.24) is 10.6 Å². The smallest absolute Gasteiger partial charge is 0.151 e. The summed E-state index contributed by atoms with van der Waals surface area (Å²) in [6.45, 7) is 5.33. The fraction of sp³-hybridized carbons (Fsp3) is 1.00. The molecule has 0 amide bonds. The third-order valence-corrected chi connectivity index (χ3v) is 1.95. The van der Waals surface area contributed by atoms with E-state index in [1.807, 2.05) is 0 Å². The summed E-state index contributed by atoms with van der Waals surface area (Å²) >= 11 is 0. The van der Waals surface area contributed by atoms with Gasteiger partial charge in [-0.1, -0.05) is 0 Å². The Kier molecular flexibility index (Phi) is 4.53. The van der Waals surface area contributed by atoms with Gasteiger partial charge in [0.2, 0.25) is 0 Å². The Morgan fingerprint density at radius 2 is 2.42 bits per heavy atom. The second-order valence-electron chi connectivity index (χ2n) is 3.11. The van der Waals surface area contributed by atoms with Gasteiger partial charge >= 0.3 is 0 Å². The highest BCUT2D eigenvalue weighted by Gasteiger charge is 2.11.